The first-order valence-electron chi connectivity index (χ1n) is 5.18. The number of carbonyl (C=O) groups excluding carboxylic acids is 1. The van der Waals surface area contributed by atoms with Crippen LogP contribution in [0.1, 0.15) is 36.9 Å². The molecule has 1 aromatic heterocycles. The fourth-order valence-electron chi connectivity index (χ4n) is 1.37. The molecule has 0 fully saturated rings. The molecule has 0 spiro atoms. The van der Waals surface area contributed by atoms with E-state index in [0.29, 0.717) is 5.76 Å². The average molecular weight is 240 g/mol. The zero-order valence-electron chi connectivity index (χ0n) is 10.3. The Bertz CT molecular complexity index is 431. The number of carboxylic acid groups (broad SMARTS) is 1. The smallest absolute Gasteiger partial charge is 0.326 e. The Labute approximate surface area is 99.0 Å². The van der Waals surface area contributed by atoms with Gasteiger partial charge in [0.25, 0.3) is 5.91 Å². The maximum absolute atomic E-state index is 11.8. The normalized spacial score (nSPS) is 13.2. The lowest BCUT2D eigenvalue weighted by Crippen LogP contribution is -2.49. The largest absolute Gasteiger partial charge is 0.480 e. The number of nitrogens with zero attached hydrogens (tertiary/aromatic N) is 1. The Hall–Kier alpha value is -1.85. The summed E-state index contributed by atoms with van der Waals surface area (Å²) in [5.41, 5.74) is -0.326. The van der Waals surface area contributed by atoms with Crippen molar-refractivity contribution in [2.75, 3.05) is 0 Å². The maximum Gasteiger partial charge on any atom is 0.326 e. The van der Waals surface area contributed by atoms with E-state index in [4.69, 9.17) is 9.63 Å². The minimum atomic E-state index is -1.07. The van der Waals surface area contributed by atoms with Crippen molar-refractivity contribution >= 4 is 11.9 Å². The third kappa shape index (κ3) is 3.05. The molecule has 6 nitrogen and oxygen atoms in total. The van der Waals surface area contributed by atoms with E-state index in [1.54, 1.807) is 27.7 Å². The van der Waals surface area contributed by atoms with Gasteiger partial charge in [-0.1, -0.05) is 25.9 Å². The Kier molecular flexibility index (Phi) is 3.55. The number of aromatic nitrogens is 1. The van der Waals surface area contributed by atoms with Crippen molar-refractivity contribution in [3.63, 3.8) is 0 Å². The topological polar surface area (TPSA) is 92.4 Å². The molecule has 0 aliphatic rings. The molecule has 0 saturated heterocycles. The SMILES string of the molecule is Cc1oncc1C(=O)NC(C(=O)O)C(C)(C)C. The molecule has 1 amide bonds. The third-order valence-corrected chi connectivity index (χ3v) is 2.38. The highest BCUT2D eigenvalue weighted by Gasteiger charge is 2.33. The maximum atomic E-state index is 11.8. The summed E-state index contributed by atoms with van der Waals surface area (Å²) in [5, 5.41) is 15.0. The first-order valence-corrected chi connectivity index (χ1v) is 5.18. The first-order chi connectivity index (χ1) is 7.73. The van der Waals surface area contributed by atoms with E-state index < -0.39 is 23.3 Å². The van der Waals surface area contributed by atoms with Crippen molar-refractivity contribution in [3.05, 3.63) is 17.5 Å². The zero-order chi connectivity index (χ0) is 13.2. The van der Waals surface area contributed by atoms with E-state index >= 15 is 0 Å². The number of aliphatic carboxylic acids is 1. The van der Waals surface area contributed by atoms with Gasteiger partial charge in [0.2, 0.25) is 0 Å². The molecule has 0 radical (unpaired) electrons. The number of rotatable bonds is 3. The summed E-state index contributed by atoms with van der Waals surface area (Å²) in [6, 6.07) is -0.968. The molecule has 1 unspecified atom stereocenters. The molecule has 1 aromatic rings. The van der Waals surface area contributed by atoms with Crippen LogP contribution in [0.4, 0.5) is 0 Å². The summed E-state index contributed by atoms with van der Waals surface area (Å²) in [4.78, 5) is 22.9. The predicted molar refractivity (Wildman–Crippen MR) is 59.6 cm³/mol. The van der Waals surface area contributed by atoms with Crippen LogP contribution < -0.4 is 5.32 Å². The van der Waals surface area contributed by atoms with Crippen molar-refractivity contribution in [3.8, 4) is 0 Å². The lowest BCUT2D eigenvalue weighted by molar-refractivity contribution is -0.142. The fraction of sp³-hybridized carbons (Fsp3) is 0.545. The van der Waals surface area contributed by atoms with Gasteiger partial charge >= 0.3 is 5.97 Å². The molecule has 0 bridgehead atoms. The number of carbonyl (C=O) groups is 2. The molecular weight excluding hydrogens is 224 g/mol. The van der Waals surface area contributed by atoms with Gasteiger partial charge in [0.05, 0.1) is 6.20 Å². The lowest BCUT2D eigenvalue weighted by Gasteiger charge is -2.27. The van der Waals surface area contributed by atoms with Crippen LogP contribution in [-0.2, 0) is 4.79 Å². The molecular formula is C11H16N2O4. The molecule has 0 saturated carbocycles. The zero-order valence-corrected chi connectivity index (χ0v) is 10.3. The molecule has 0 aliphatic carbocycles. The van der Waals surface area contributed by atoms with E-state index in [1.807, 2.05) is 0 Å². The van der Waals surface area contributed by atoms with Crippen molar-refractivity contribution in [1.29, 1.82) is 0 Å². The van der Waals surface area contributed by atoms with Gasteiger partial charge in [-0.05, 0) is 12.3 Å². The fourth-order valence-corrected chi connectivity index (χ4v) is 1.37. The van der Waals surface area contributed by atoms with E-state index in [1.165, 1.54) is 6.20 Å². The van der Waals surface area contributed by atoms with Gasteiger partial charge < -0.3 is 14.9 Å². The van der Waals surface area contributed by atoms with E-state index in [-0.39, 0.29) is 5.56 Å². The number of nitrogens with one attached hydrogen (secondary N) is 1. The summed E-state index contributed by atoms with van der Waals surface area (Å²) in [7, 11) is 0. The van der Waals surface area contributed by atoms with Gasteiger partial charge in [-0.2, -0.15) is 0 Å². The summed E-state index contributed by atoms with van der Waals surface area (Å²) in [6.45, 7) is 6.82. The minimum absolute atomic E-state index is 0.250. The third-order valence-electron chi connectivity index (χ3n) is 2.38. The van der Waals surface area contributed by atoms with Gasteiger partial charge in [-0.25, -0.2) is 4.79 Å². The molecule has 1 atom stereocenters. The number of hydrogen-bond donors (Lipinski definition) is 2. The summed E-state index contributed by atoms with van der Waals surface area (Å²) in [5.74, 6) is -1.20. The van der Waals surface area contributed by atoms with Gasteiger partial charge in [0.1, 0.15) is 17.4 Å². The minimum Gasteiger partial charge on any atom is -0.480 e. The van der Waals surface area contributed by atoms with Crippen LogP contribution >= 0.6 is 0 Å². The van der Waals surface area contributed by atoms with E-state index in [0.717, 1.165) is 0 Å². The van der Waals surface area contributed by atoms with Crippen LogP contribution in [0.2, 0.25) is 0 Å². The second-order valence-electron chi connectivity index (χ2n) is 4.91. The second-order valence-corrected chi connectivity index (χ2v) is 4.91. The van der Waals surface area contributed by atoms with E-state index in [9.17, 15) is 9.59 Å². The molecule has 1 heterocycles. The van der Waals surface area contributed by atoms with Crippen LogP contribution in [0.3, 0.4) is 0 Å². The van der Waals surface area contributed by atoms with Gasteiger partial charge in [0.15, 0.2) is 0 Å². The number of carboxylic acids is 1. The first kappa shape index (κ1) is 13.2. The quantitative estimate of drug-likeness (QED) is 0.828. The molecule has 94 valence electrons. The molecule has 0 aromatic carbocycles. The van der Waals surface area contributed by atoms with Crippen molar-refractivity contribution in [2.45, 2.75) is 33.7 Å². The molecule has 17 heavy (non-hydrogen) atoms. The summed E-state index contributed by atoms with van der Waals surface area (Å²) < 4.78 is 4.76. The average Bonchev–Trinajstić information content (AvgIpc) is 2.58. The van der Waals surface area contributed by atoms with Crippen LogP contribution in [0.25, 0.3) is 0 Å². The summed E-state index contributed by atoms with van der Waals surface area (Å²) in [6.07, 6.45) is 1.27. The summed E-state index contributed by atoms with van der Waals surface area (Å²) >= 11 is 0. The molecule has 0 aliphatic heterocycles. The van der Waals surface area contributed by atoms with Crippen molar-refractivity contribution in [2.24, 2.45) is 5.41 Å². The van der Waals surface area contributed by atoms with Gasteiger partial charge in [-0.15, -0.1) is 0 Å². The highest BCUT2D eigenvalue weighted by atomic mass is 16.5. The Morgan fingerprint density at radius 2 is 2.06 bits per heavy atom. The highest BCUT2D eigenvalue weighted by Crippen LogP contribution is 2.20. The Morgan fingerprint density at radius 1 is 1.47 bits per heavy atom. The van der Waals surface area contributed by atoms with Crippen LogP contribution in [0.5, 0.6) is 0 Å². The molecule has 2 N–H and O–H groups in total. The van der Waals surface area contributed by atoms with Gasteiger partial charge in [-0.3, -0.25) is 4.79 Å². The van der Waals surface area contributed by atoms with Crippen LogP contribution in [-0.4, -0.2) is 28.2 Å². The predicted octanol–water partition coefficient (Wildman–Crippen LogP) is 1.21. The monoisotopic (exact) mass is 240 g/mol. The van der Waals surface area contributed by atoms with Gasteiger partial charge in [0, 0.05) is 0 Å². The Morgan fingerprint density at radius 3 is 2.41 bits per heavy atom. The lowest BCUT2D eigenvalue weighted by atomic mass is 9.86. The Balaban J connectivity index is 2.86. The number of hydrogen-bond acceptors (Lipinski definition) is 4. The second kappa shape index (κ2) is 4.57. The van der Waals surface area contributed by atoms with Crippen molar-refractivity contribution < 1.29 is 19.2 Å². The molecule has 1 rings (SSSR count). The number of amides is 1. The van der Waals surface area contributed by atoms with E-state index in [2.05, 4.69) is 10.5 Å². The number of aryl methyl sites for hydroxylation is 1. The molecule has 6 heteroatoms. The van der Waals surface area contributed by atoms with Crippen LogP contribution in [0, 0.1) is 12.3 Å². The standard InChI is InChI=1S/C11H16N2O4/c1-6-7(5-12-17-6)9(14)13-8(10(15)16)11(2,3)4/h5,8H,1-4H3,(H,13,14)(H,15,16). The van der Waals surface area contributed by atoms with Crippen molar-refractivity contribution in [1.82, 2.24) is 10.5 Å². The van der Waals surface area contributed by atoms with Crippen LogP contribution in [0.15, 0.2) is 10.7 Å². The highest BCUT2D eigenvalue weighted by molar-refractivity contribution is 5.97.